The Morgan fingerprint density at radius 1 is 1.29 bits per heavy atom. The van der Waals surface area contributed by atoms with Crippen molar-refractivity contribution in [2.24, 2.45) is 5.92 Å². The molecule has 0 radical (unpaired) electrons. The topological polar surface area (TPSA) is 62.2 Å². The van der Waals surface area contributed by atoms with Gasteiger partial charge in [0.25, 0.3) is 0 Å². The third-order valence-electron chi connectivity index (χ3n) is 4.36. The molecule has 1 heterocycles. The molecule has 0 amide bonds. The molecule has 1 aromatic heterocycles. The normalized spacial score (nSPS) is 22.3. The maximum absolute atomic E-state index is 11.1. The molecule has 2 unspecified atom stereocenters. The van der Waals surface area contributed by atoms with Crippen LogP contribution in [0.4, 0.5) is 0 Å². The fourth-order valence-electron chi connectivity index (χ4n) is 3.17. The maximum atomic E-state index is 11.1. The minimum absolute atomic E-state index is 0.193. The van der Waals surface area contributed by atoms with Crippen molar-refractivity contribution >= 4 is 16.7 Å². The SMILES string of the molecule is O=C(O)C1CCCC(NCc2cncc3ccccc23)C1. The molecule has 0 saturated heterocycles. The number of pyridine rings is 1. The average Bonchev–Trinajstić information content (AvgIpc) is 2.53. The summed E-state index contributed by atoms with van der Waals surface area (Å²) in [6.45, 7) is 0.741. The van der Waals surface area contributed by atoms with Gasteiger partial charge >= 0.3 is 5.97 Å². The van der Waals surface area contributed by atoms with Crippen LogP contribution >= 0.6 is 0 Å². The predicted molar refractivity (Wildman–Crippen MR) is 82.0 cm³/mol. The van der Waals surface area contributed by atoms with Gasteiger partial charge in [-0.25, -0.2) is 0 Å². The second-order valence-corrected chi connectivity index (χ2v) is 5.80. The van der Waals surface area contributed by atoms with Gasteiger partial charge in [0, 0.05) is 30.4 Å². The van der Waals surface area contributed by atoms with E-state index >= 15 is 0 Å². The zero-order chi connectivity index (χ0) is 14.7. The van der Waals surface area contributed by atoms with Crippen LogP contribution in [0.25, 0.3) is 10.8 Å². The lowest BCUT2D eigenvalue weighted by Gasteiger charge is -2.27. The van der Waals surface area contributed by atoms with Crippen LogP contribution in [0.3, 0.4) is 0 Å². The van der Waals surface area contributed by atoms with Crippen molar-refractivity contribution in [3.63, 3.8) is 0 Å². The van der Waals surface area contributed by atoms with Crippen LogP contribution in [-0.4, -0.2) is 22.1 Å². The molecular weight excluding hydrogens is 264 g/mol. The third kappa shape index (κ3) is 3.22. The second kappa shape index (κ2) is 6.22. The lowest BCUT2D eigenvalue weighted by Crippen LogP contribution is -2.36. The van der Waals surface area contributed by atoms with Crippen LogP contribution in [0.2, 0.25) is 0 Å². The molecule has 2 N–H and O–H groups in total. The fourth-order valence-corrected chi connectivity index (χ4v) is 3.17. The largest absolute Gasteiger partial charge is 0.481 e. The lowest BCUT2D eigenvalue weighted by molar-refractivity contribution is -0.143. The van der Waals surface area contributed by atoms with E-state index in [0.29, 0.717) is 6.04 Å². The van der Waals surface area contributed by atoms with Crippen LogP contribution in [0.5, 0.6) is 0 Å². The molecule has 1 aliphatic carbocycles. The maximum Gasteiger partial charge on any atom is 0.306 e. The molecule has 4 nitrogen and oxygen atoms in total. The molecule has 1 fully saturated rings. The number of carboxylic acid groups (broad SMARTS) is 1. The minimum atomic E-state index is -0.659. The van der Waals surface area contributed by atoms with Gasteiger partial charge in [0.2, 0.25) is 0 Å². The summed E-state index contributed by atoms with van der Waals surface area (Å²) in [5.41, 5.74) is 1.17. The fraction of sp³-hybridized carbons (Fsp3) is 0.412. The van der Waals surface area contributed by atoms with Gasteiger partial charge < -0.3 is 10.4 Å². The Morgan fingerprint density at radius 2 is 2.14 bits per heavy atom. The summed E-state index contributed by atoms with van der Waals surface area (Å²) in [5.74, 6) is -0.852. The number of rotatable bonds is 4. The number of aliphatic carboxylic acids is 1. The summed E-state index contributed by atoms with van der Waals surface area (Å²) in [4.78, 5) is 15.4. The van der Waals surface area contributed by atoms with Crippen LogP contribution in [0.15, 0.2) is 36.7 Å². The van der Waals surface area contributed by atoms with Crippen molar-refractivity contribution in [1.29, 1.82) is 0 Å². The number of fused-ring (bicyclic) bond motifs is 1. The average molecular weight is 284 g/mol. The number of aromatic nitrogens is 1. The second-order valence-electron chi connectivity index (χ2n) is 5.80. The quantitative estimate of drug-likeness (QED) is 0.906. The summed E-state index contributed by atoms with van der Waals surface area (Å²) in [5, 5.41) is 15.0. The lowest BCUT2D eigenvalue weighted by atomic mass is 9.85. The van der Waals surface area contributed by atoms with Crippen molar-refractivity contribution in [2.75, 3.05) is 0 Å². The summed E-state index contributed by atoms with van der Waals surface area (Å²) in [6, 6.07) is 8.51. The zero-order valence-electron chi connectivity index (χ0n) is 12.0. The van der Waals surface area contributed by atoms with E-state index in [1.54, 1.807) is 0 Å². The Labute approximate surface area is 124 Å². The van der Waals surface area contributed by atoms with Crippen LogP contribution < -0.4 is 5.32 Å². The van der Waals surface area contributed by atoms with Gasteiger partial charge in [-0.1, -0.05) is 30.7 Å². The van der Waals surface area contributed by atoms with E-state index in [9.17, 15) is 4.79 Å². The van der Waals surface area contributed by atoms with Gasteiger partial charge in [-0.15, -0.1) is 0 Å². The number of carbonyl (C=O) groups is 1. The standard InChI is InChI=1S/C17H20N2O2/c20-17(21)12-5-3-6-15(8-12)19-11-14-10-18-9-13-4-1-2-7-16(13)14/h1-2,4,7,9-10,12,15,19H,3,5-6,8,11H2,(H,20,21). The number of nitrogens with zero attached hydrogens (tertiary/aromatic N) is 1. The number of nitrogens with one attached hydrogen (secondary N) is 1. The van der Waals surface area contributed by atoms with E-state index in [1.165, 1.54) is 10.9 Å². The summed E-state index contributed by atoms with van der Waals surface area (Å²) in [7, 11) is 0. The van der Waals surface area contributed by atoms with E-state index in [2.05, 4.69) is 22.4 Å². The van der Waals surface area contributed by atoms with Crippen molar-refractivity contribution in [3.8, 4) is 0 Å². The van der Waals surface area contributed by atoms with Crippen molar-refractivity contribution in [2.45, 2.75) is 38.3 Å². The van der Waals surface area contributed by atoms with Crippen LogP contribution in [-0.2, 0) is 11.3 Å². The first-order chi connectivity index (χ1) is 10.2. The molecule has 1 aromatic carbocycles. The molecule has 0 spiro atoms. The Kier molecular flexibility index (Phi) is 4.15. The first-order valence-corrected chi connectivity index (χ1v) is 7.52. The van der Waals surface area contributed by atoms with E-state index in [0.717, 1.165) is 37.6 Å². The van der Waals surface area contributed by atoms with E-state index < -0.39 is 5.97 Å². The number of hydrogen-bond acceptors (Lipinski definition) is 3. The summed E-state index contributed by atoms with van der Waals surface area (Å²) in [6.07, 6.45) is 7.36. The Balaban J connectivity index is 1.68. The Bertz CT molecular complexity index is 636. The highest BCUT2D eigenvalue weighted by Crippen LogP contribution is 2.25. The zero-order valence-corrected chi connectivity index (χ0v) is 12.0. The molecule has 1 saturated carbocycles. The molecule has 1 aliphatic rings. The van der Waals surface area contributed by atoms with Crippen LogP contribution in [0.1, 0.15) is 31.2 Å². The van der Waals surface area contributed by atoms with Gasteiger partial charge in [-0.05, 0) is 30.2 Å². The molecule has 4 heteroatoms. The van der Waals surface area contributed by atoms with E-state index in [-0.39, 0.29) is 5.92 Å². The van der Waals surface area contributed by atoms with Crippen molar-refractivity contribution in [1.82, 2.24) is 10.3 Å². The van der Waals surface area contributed by atoms with Gasteiger partial charge in [-0.2, -0.15) is 0 Å². The molecule has 0 aliphatic heterocycles. The molecule has 0 bridgehead atoms. The van der Waals surface area contributed by atoms with Gasteiger partial charge in [-0.3, -0.25) is 9.78 Å². The molecular formula is C17H20N2O2. The summed E-state index contributed by atoms with van der Waals surface area (Å²) < 4.78 is 0. The van der Waals surface area contributed by atoms with Crippen molar-refractivity contribution in [3.05, 3.63) is 42.2 Å². The molecule has 2 atom stereocenters. The first-order valence-electron chi connectivity index (χ1n) is 7.52. The Hall–Kier alpha value is -1.94. The minimum Gasteiger partial charge on any atom is -0.481 e. The molecule has 21 heavy (non-hydrogen) atoms. The van der Waals surface area contributed by atoms with Gasteiger partial charge in [0.05, 0.1) is 5.92 Å². The molecule has 2 aromatic rings. The van der Waals surface area contributed by atoms with Crippen LogP contribution in [0, 0.1) is 5.92 Å². The van der Waals surface area contributed by atoms with E-state index in [4.69, 9.17) is 5.11 Å². The van der Waals surface area contributed by atoms with E-state index in [1.807, 2.05) is 24.5 Å². The first kappa shape index (κ1) is 14.0. The predicted octanol–water partition coefficient (Wildman–Crippen LogP) is 2.97. The highest BCUT2D eigenvalue weighted by atomic mass is 16.4. The van der Waals surface area contributed by atoms with Gasteiger partial charge in [0.15, 0.2) is 0 Å². The summed E-state index contributed by atoms with van der Waals surface area (Å²) >= 11 is 0. The van der Waals surface area contributed by atoms with Crippen molar-refractivity contribution < 1.29 is 9.90 Å². The highest BCUT2D eigenvalue weighted by molar-refractivity contribution is 5.84. The third-order valence-corrected chi connectivity index (χ3v) is 4.36. The molecule has 110 valence electrons. The highest BCUT2D eigenvalue weighted by Gasteiger charge is 2.26. The Morgan fingerprint density at radius 3 is 3.00 bits per heavy atom. The molecule has 3 rings (SSSR count). The monoisotopic (exact) mass is 284 g/mol. The number of benzene rings is 1. The van der Waals surface area contributed by atoms with Gasteiger partial charge in [0.1, 0.15) is 0 Å². The number of carboxylic acids is 1. The smallest absolute Gasteiger partial charge is 0.306 e. The number of hydrogen-bond donors (Lipinski definition) is 2.